The van der Waals surface area contributed by atoms with Gasteiger partial charge in [-0.15, -0.1) is 11.3 Å². The molecule has 1 N–H and O–H groups in total. The summed E-state index contributed by atoms with van der Waals surface area (Å²) in [6.07, 6.45) is 5.37. The van der Waals surface area contributed by atoms with Gasteiger partial charge in [0.1, 0.15) is 16.3 Å². The summed E-state index contributed by atoms with van der Waals surface area (Å²) in [4.78, 5) is 22.8. The van der Waals surface area contributed by atoms with Crippen molar-refractivity contribution in [2.45, 2.75) is 32.9 Å². The topological polar surface area (TPSA) is 84.1 Å². The monoisotopic (exact) mass is 588 g/mol. The number of hydrazone groups is 1. The zero-order chi connectivity index (χ0) is 24.3. The molecular weight excluding hydrogens is 563 g/mol. The van der Waals surface area contributed by atoms with Crippen LogP contribution in [0.3, 0.4) is 0 Å². The minimum absolute atomic E-state index is 0.371. The fourth-order valence-electron chi connectivity index (χ4n) is 3.08. The van der Waals surface area contributed by atoms with E-state index in [-0.39, 0.29) is 6.09 Å². The number of benzene rings is 1. The standard InChI is InChI=1S/C24H25IN6O2S/c1-24(2,3)33-23(32)30(4)13-19-15-34-22(27-19)11-26-29-18-8-5-16(6-9-18)20-14-31-12-17(25)7-10-21(31)28-20/h5-12,14-15,29H,13H2,1-4H3. The molecule has 176 valence electrons. The number of hydrogen-bond donors (Lipinski definition) is 1. The smallest absolute Gasteiger partial charge is 0.410 e. The van der Waals surface area contributed by atoms with Crippen molar-refractivity contribution in [3.05, 3.63) is 68.4 Å². The molecule has 3 aromatic heterocycles. The number of fused-ring (bicyclic) bond motifs is 1. The Morgan fingerprint density at radius 1 is 1.21 bits per heavy atom. The highest BCUT2D eigenvalue weighted by molar-refractivity contribution is 14.1. The lowest BCUT2D eigenvalue weighted by atomic mass is 10.1. The summed E-state index contributed by atoms with van der Waals surface area (Å²) >= 11 is 3.75. The van der Waals surface area contributed by atoms with Gasteiger partial charge in [0.05, 0.1) is 29.8 Å². The molecule has 1 aromatic carbocycles. The Balaban J connectivity index is 1.33. The van der Waals surface area contributed by atoms with E-state index in [0.29, 0.717) is 6.54 Å². The van der Waals surface area contributed by atoms with Crippen LogP contribution >= 0.6 is 33.9 Å². The Morgan fingerprint density at radius 2 is 1.97 bits per heavy atom. The molecule has 34 heavy (non-hydrogen) atoms. The van der Waals surface area contributed by atoms with Crippen LogP contribution in [0.5, 0.6) is 0 Å². The molecule has 0 aliphatic carbocycles. The van der Waals surface area contributed by atoms with E-state index in [1.807, 2.05) is 73.1 Å². The molecule has 0 bridgehead atoms. The van der Waals surface area contributed by atoms with E-state index in [1.165, 1.54) is 16.2 Å². The second-order valence-electron chi connectivity index (χ2n) is 8.70. The number of halogens is 1. The van der Waals surface area contributed by atoms with Crippen molar-refractivity contribution in [1.82, 2.24) is 19.3 Å². The first-order chi connectivity index (χ1) is 16.2. The number of thiazole rings is 1. The third kappa shape index (κ3) is 6.32. The molecule has 0 radical (unpaired) electrons. The molecule has 1 amide bonds. The van der Waals surface area contributed by atoms with Crippen LogP contribution in [0, 0.1) is 3.57 Å². The summed E-state index contributed by atoms with van der Waals surface area (Å²) in [5, 5.41) is 6.94. The number of nitrogens with zero attached hydrogens (tertiary/aromatic N) is 5. The van der Waals surface area contributed by atoms with Gasteiger partial charge in [-0.05, 0) is 67.6 Å². The van der Waals surface area contributed by atoms with Gasteiger partial charge in [0.2, 0.25) is 0 Å². The van der Waals surface area contributed by atoms with Crippen molar-refractivity contribution in [1.29, 1.82) is 0 Å². The summed E-state index contributed by atoms with van der Waals surface area (Å²) in [5.74, 6) is 0. The molecule has 0 saturated carbocycles. The Labute approximate surface area is 215 Å². The number of rotatable bonds is 6. The SMILES string of the molecule is CN(Cc1csc(C=NNc2ccc(-c3cn4cc(I)ccc4n3)cc2)n1)C(=O)OC(C)(C)C. The summed E-state index contributed by atoms with van der Waals surface area (Å²) in [6.45, 7) is 5.90. The number of amides is 1. The van der Waals surface area contributed by atoms with Crippen molar-refractivity contribution < 1.29 is 9.53 Å². The number of imidazole rings is 1. The number of aromatic nitrogens is 3. The third-order valence-electron chi connectivity index (χ3n) is 4.64. The highest BCUT2D eigenvalue weighted by Gasteiger charge is 2.20. The molecule has 10 heteroatoms. The van der Waals surface area contributed by atoms with E-state index in [1.54, 1.807) is 13.3 Å². The second-order valence-corrected chi connectivity index (χ2v) is 10.8. The largest absolute Gasteiger partial charge is 0.444 e. The van der Waals surface area contributed by atoms with E-state index in [9.17, 15) is 4.79 Å². The molecule has 3 heterocycles. The number of hydrogen-bond acceptors (Lipinski definition) is 7. The van der Waals surface area contributed by atoms with Crippen LogP contribution in [0.15, 0.2) is 59.3 Å². The summed E-state index contributed by atoms with van der Waals surface area (Å²) in [7, 11) is 1.69. The Morgan fingerprint density at radius 3 is 2.71 bits per heavy atom. The quantitative estimate of drug-likeness (QED) is 0.173. The number of ether oxygens (including phenoxy) is 1. The van der Waals surface area contributed by atoms with E-state index in [2.05, 4.69) is 49.3 Å². The molecule has 4 aromatic rings. The predicted octanol–water partition coefficient (Wildman–Crippen LogP) is 5.88. The first-order valence-corrected chi connectivity index (χ1v) is 12.5. The van der Waals surface area contributed by atoms with Gasteiger partial charge < -0.3 is 14.0 Å². The number of anilines is 1. The highest BCUT2D eigenvalue weighted by atomic mass is 127. The maximum absolute atomic E-state index is 12.1. The molecule has 0 saturated heterocycles. The molecule has 0 atom stereocenters. The zero-order valence-corrected chi connectivity index (χ0v) is 22.3. The van der Waals surface area contributed by atoms with E-state index < -0.39 is 5.60 Å². The molecule has 0 aliphatic rings. The zero-order valence-electron chi connectivity index (χ0n) is 19.3. The maximum Gasteiger partial charge on any atom is 0.410 e. The van der Waals surface area contributed by atoms with Crippen molar-refractivity contribution >= 4 is 57.6 Å². The number of carbonyl (C=O) groups excluding carboxylic acids is 1. The lowest BCUT2D eigenvalue weighted by Gasteiger charge is -2.24. The second kappa shape index (κ2) is 10.1. The van der Waals surface area contributed by atoms with E-state index in [0.717, 1.165) is 36.9 Å². The van der Waals surface area contributed by atoms with Crippen LogP contribution in [0.2, 0.25) is 0 Å². The molecular formula is C24H25IN6O2S. The third-order valence-corrected chi connectivity index (χ3v) is 6.10. The van der Waals surface area contributed by atoms with Crippen LogP contribution in [-0.4, -0.2) is 44.2 Å². The van der Waals surface area contributed by atoms with Gasteiger partial charge >= 0.3 is 6.09 Å². The Kier molecular flexibility index (Phi) is 7.17. The Bertz CT molecular complexity index is 1320. The molecule has 0 spiro atoms. The molecule has 8 nitrogen and oxygen atoms in total. The molecule has 0 aliphatic heterocycles. The van der Waals surface area contributed by atoms with Crippen LogP contribution in [0.25, 0.3) is 16.9 Å². The van der Waals surface area contributed by atoms with Gasteiger partial charge in [0.25, 0.3) is 0 Å². The molecule has 0 unspecified atom stereocenters. The lowest BCUT2D eigenvalue weighted by Crippen LogP contribution is -2.33. The van der Waals surface area contributed by atoms with Crippen molar-refractivity contribution in [3.63, 3.8) is 0 Å². The number of pyridine rings is 1. The van der Waals surface area contributed by atoms with Crippen molar-refractivity contribution in [2.75, 3.05) is 12.5 Å². The average Bonchev–Trinajstić information content (AvgIpc) is 3.39. The minimum Gasteiger partial charge on any atom is -0.444 e. The van der Waals surface area contributed by atoms with Crippen LogP contribution < -0.4 is 5.43 Å². The summed E-state index contributed by atoms with van der Waals surface area (Å²) in [5.41, 5.74) is 7.02. The van der Waals surface area contributed by atoms with Crippen LogP contribution in [0.1, 0.15) is 31.5 Å². The Hall–Kier alpha value is -2.99. The van der Waals surface area contributed by atoms with Gasteiger partial charge in [0, 0.05) is 34.0 Å². The number of nitrogens with one attached hydrogen (secondary N) is 1. The highest BCUT2D eigenvalue weighted by Crippen LogP contribution is 2.22. The average molecular weight is 588 g/mol. The number of carbonyl (C=O) groups is 1. The fraction of sp³-hybridized carbons (Fsp3) is 0.250. The predicted molar refractivity (Wildman–Crippen MR) is 144 cm³/mol. The first-order valence-electron chi connectivity index (χ1n) is 10.6. The van der Waals surface area contributed by atoms with Gasteiger partial charge in [-0.2, -0.15) is 5.10 Å². The van der Waals surface area contributed by atoms with Gasteiger partial charge in [-0.1, -0.05) is 12.1 Å². The van der Waals surface area contributed by atoms with Crippen molar-refractivity contribution in [2.24, 2.45) is 5.10 Å². The molecule has 0 fully saturated rings. The van der Waals surface area contributed by atoms with Crippen LogP contribution in [-0.2, 0) is 11.3 Å². The fourth-order valence-corrected chi connectivity index (χ4v) is 4.23. The maximum atomic E-state index is 12.1. The normalized spacial score (nSPS) is 11.8. The van der Waals surface area contributed by atoms with Gasteiger partial charge in [-0.25, -0.2) is 14.8 Å². The van der Waals surface area contributed by atoms with E-state index >= 15 is 0 Å². The van der Waals surface area contributed by atoms with Gasteiger partial charge in [-0.3, -0.25) is 5.43 Å². The molecule has 4 rings (SSSR count). The minimum atomic E-state index is -0.527. The van der Waals surface area contributed by atoms with Crippen LogP contribution in [0.4, 0.5) is 10.5 Å². The summed E-state index contributed by atoms with van der Waals surface area (Å²) < 4.78 is 8.56. The first kappa shape index (κ1) is 24.1. The van der Waals surface area contributed by atoms with Gasteiger partial charge in [0.15, 0.2) is 0 Å². The lowest BCUT2D eigenvalue weighted by molar-refractivity contribution is 0.0283. The van der Waals surface area contributed by atoms with Crippen molar-refractivity contribution in [3.8, 4) is 11.3 Å². The summed E-state index contributed by atoms with van der Waals surface area (Å²) in [6, 6.07) is 12.0. The van der Waals surface area contributed by atoms with E-state index in [4.69, 9.17) is 4.74 Å².